The molecule has 4 bridgehead atoms. The fraction of sp³-hybridized carbons (Fsp3) is 0.345. The number of rotatable bonds is 9. The molecule has 3 aliphatic heterocycles. The third-order valence-corrected chi connectivity index (χ3v) is 8.40. The van der Waals surface area contributed by atoms with Crippen LogP contribution in [-0.2, 0) is 30.5 Å². The maximum absolute atomic E-state index is 15.8. The van der Waals surface area contributed by atoms with Crippen molar-refractivity contribution in [2.45, 2.75) is 38.1 Å². The van der Waals surface area contributed by atoms with Crippen molar-refractivity contribution in [1.82, 2.24) is 34.9 Å². The number of fused-ring (bicyclic) bond motifs is 2. The second kappa shape index (κ2) is 11.1. The Morgan fingerprint density at radius 3 is 2.48 bits per heavy atom. The number of nitrogens with two attached hydrogens (primary N) is 1. The number of benzene rings is 2. The molecule has 5 heterocycles. The van der Waals surface area contributed by atoms with E-state index < -0.39 is 42.6 Å². The van der Waals surface area contributed by atoms with Crippen LogP contribution in [-0.4, -0.2) is 80.6 Å². The molecule has 1 saturated heterocycles. The van der Waals surface area contributed by atoms with Crippen LogP contribution in [0, 0.1) is 5.82 Å². The molecule has 14 nitrogen and oxygen atoms in total. The van der Waals surface area contributed by atoms with Crippen LogP contribution in [0.3, 0.4) is 0 Å². The Labute approximate surface area is 249 Å². The molecule has 7 rings (SSSR count). The number of carbonyl (C=O) groups excluding carboxylic acids is 4. The summed E-state index contributed by atoms with van der Waals surface area (Å²) in [5.41, 5.74) is 8.06. The number of aromatic nitrogens is 4. The second-order valence-corrected chi connectivity index (χ2v) is 11.1. The van der Waals surface area contributed by atoms with Gasteiger partial charge in [0.1, 0.15) is 37.5 Å². The maximum atomic E-state index is 15.8. The summed E-state index contributed by atoms with van der Waals surface area (Å²) in [6.07, 6.45) is 2.43. The van der Waals surface area contributed by atoms with Crippen LogP contribution in [0.4, 0.5) is 4.39 Å². The van der Waals surface area contributed by atoms with E-state index in [2.05, 4.69) is 15.7 Å². The maximum Gasteiger partial charge on any atom is 0.340 e. The minimum Gasteiger partial charge on any atom is -0.480 e. The number of carbonyl (C=O) groups is 5. The van der Waals surface area contributed by atoms with E-state index in [1.807, 2.05) is 0 Å². The lowest BCUT2D eigenvalue weighted by atomic mass is 9.88. The van der Waals surface area contributed by atoms with E-state index in [1.165, 1.54) is 16.9 Å². The van der Waals surface area contributed by atoms with Gasteiger partial charge in [-0.1, -0.05) is 16.9 Å². The Kier molecular flexibility index (Phi) is 7.33. The van der Waals surface area contributed by atoms with Crippen LogP contribution in [0.2, 0.25) is 0 Å². The highest BCUT2D eigenvalue weighted by Crippen LogP contribution is 2.42. The molecule has 0 atom stereocenters. The van der Waals surface area contributed by atoms with E-state index >= 15 is 4.39 Å². The van der Waals surface area contributed by atoms with Gasteiger partial charge in [-0.15, -0.1) is 9.69 Å². The van der Waals surface area contributed by atoms with Crippen molar-refractivity contribution in [2.24, 2.45) is 5.73 Å². The second-order valence-electron chi connectivity index (χ2n) is 11.1. The van der Waals surface area contributed by atoms with Gasteiger partial charge in [-0.2, -0.15) is 5.10 Å². The number of hydrogen-bond donors (Lipinski definition) is 4. The van der Waals surface area contributed by atoms with Gasteiger partial charge in [0.2, 0.25) is 17.7 Å². The molecule has 0 unspecified atom stereocenters. The number of quaternary nitrogens is 1. The summed E-state index contributed by atoms with van der Waals surface area (Å²) in [7, 11) is 0. The van der Waals surface area contributed by atoms with Gasteiger partial charge in [0, 0.05) is 41.5 Å². The van der Waals surface area contributed by atoms with Gasteiger partial charge in [-0.3, -0.25) is 23.9 Å². The molecule has 0 spiro atoms. The Bertz CT molecular complexity index is 1860. The van der Waals surface area contributed by atoms with Crippen molar-refractivity contribution in [1.29, 1.82) is 0 Å². The summed E-state index contributed by atoms with van der Waals surface area (Å²) >= 11 is 0. The summed E-state index contributed by atoms with van der Waals surface area (Å²) in [5, 5.41) is 24.0. The first kappa shape index (κ1) is 28.9. The van der Waals surface area contributed by atoms with Gasteiger partial charge >= 0.3 is 11.9 Å². The number of nitrogens with one attached hydrogen (secondary N) is 2. The molecule has 4 aromatic rings. The zero-order valence-corrected chi connectivity index (χ0v) is 23.6. The van der Waals surface area contributed by atoms with Crippen molar-refractivity contribution >= 4 is 51.4 Å². The number of nitrogens with zero attached hydrogens (tertiary/aromatic N) is 5. The lowest BCUT2D eigenvalue weighted by Gasteiger charge is -2.39. The summed E-state index contributed by atoms with van der Waals surface area (Å²) in [5.74, 6) is -3.78. The van der Waals surface area contributed by atoms with Crippen molar-refractivity contribution < 1.29 is 33.5 Å². The highest BCUT2D eigenvalue weighted by Gasteiger charge is 2.46. The molecule has 44 heavy (non-hydrogen) atoms. The molecule has 1 fully saturated rings. The molecular formula is C29H30FN8O6+. The molecule has 228 valence electrons. The first-order valence-electron chi connectivity index (χ1n) is 14.2. The van der Waals surface area contributed by atoms with Crippen LogP contribution in [0.1, 0.15) is 37.3 Å². The summed E-state index contributed by atoms with van der Waals surface area (Å²) in [6, 6.07) is 8.40. The molecule has 2 aromatic carbocycles. The van der Waals surface area contributed by atoms with Crippen LogP contribution in [0.15, 0.2) is 36.5 Å². The third-order valence-electron chi connectivity index (χ3n) is 8.40. The number of primary amides is 1. The molecule has 5 N–H and O–H groups in total. The highest BCUT2D eigenvalue weighted by atomic mass is 19.1. The number of piperidine rings is 1. The minimum absolute atomic E-state index is 0.0576. The Morgan fingerprint density at radius 2 is 1.75 bits per heavy atom. The molecule has 0 radical (unpaired) electrons. The average Bonchev–Trinajstić information content (AvgIpc) is 3.58. The van der Waals surface area contributed by atoms with Crippen molar-refractivity contribution in [3.63, 3.8) is 0 Å². The topological polar surface area (TPSA) is 191 Å². The normalized spacial score (nSPS) is 18.7. The smallest absolute Gasteiger partial charge is 0.340 e. The standard InChI is InChI=1S/C29H29FN8O6/c30-20-10-17-12-34-37-22(17)11-19(20)18-2-1-3-21-28(18)29(16-6-8-38(37,9-7-16)26(42)5-4-23(31)39)35-36(21)15-25(41)32-13-24(40)33-14-27(43)44/h1-3,10-12,16H,4-9,13-15H2,(H4-,31,32,33,39,40,41,43,44)/p+1. The molecule has 4 amide bonds. The lowest BCUT2D eigenvalue weighted by Crippen LogP contribution is -2.65. The molecule has 15 heteroatoms. The van der Waals surface area contributed by atoms with E-state index in [9.17, 15) is 24.0 Å². The summed E-state index contributed by atoms with van der Waals surface area (Å²) in [6.45, 7) is -0.498. The number of carboxylic acids is 1. The molecule has 3 aliphatic rings. The van der Waals surface area contributed by atoms with Crippen molar-refractivity contribution in [3.05, 3.63) is 48.0 Å². The van der Waals surface area contributed by atoms with Gasteiger partial charge in [0.05, 0.1) is 30.4 Å². The number of hydrogen-bond acceptors (Lipinski definition) is 7. The van der Waals surface area contributed by atoms with E-state index in [4.69, 9.17) is 15.9 Å². The van der Waals surface area contributed by atoms with Crippen LogP contribution >= 0.6 is 0 Å². The van der Waals surface area contributed by atoms with Gasteiger partial charge in [-0.25, -0.2) is 9.18 Å². The van der Waals surface area contributed by atoms with Crippen molar-refractivity contribution in [2.75, 3.05) is 26.2 Å². The van der Waals surface area contributed by atoms with Gasteiger partial charge < -0.3 is 21.5 Å². The Morgan fingerprint density at radius 1 is 1.00 bits per heavy atom. The van der Waals surface area contributed by atoms with E-state index in [0.717, 1.165) is 0 Å². The van der Waals surface area contributed by atoms with Crippen LogP contribution in [0.5, 0.6) is 0 Å². The molecule has 2 aromatic heterocycles. The van der Waals surface area contributed by atoms with E-state index in [1.54, 1.807) is 29.1 Å². The number of halogens is 1. The zero-order chi connectivity index (χ0) is 31.2. The Balaban J connectivity index is 1.42. The van der Waals surface area contributed by atoms with Gasteiger partial charge in [0.25, 0.3) is 0 Å². The predicted molar refractivity (Wildman–Crippen MR) is 155 cm³/mol. The zero-order valence-electron chi connectivity index (χ0n) is 23.6. The van der Waals surface area contributed by atoms with E-state index in [-0.39, 0.29) is 41.4 Å². The monoisotopic (exact) mass is 605 g/mol. The summed E-state index contributed by atoms with van der Waals surface area (Å²) < 4.78 is 17.1. The molecule has 0 aliphatic carbocycles. The number of aliphatic carboxylic acids is 1. The highest BCUT2D eigenvalue weighted by molar-refractivity contribution is 6.00. The fourth-order valence-electron chi connectivity index (χ4n) is 6.29. The SMILES string of the molecule is NC(=O)CCC(=O)[N+]12CCC(CC1)c1nn(CC(=O)NCC(=O)NCC(=O)O)c3cccc(c13)-c1cc3c(cnn32)cc1F. The van der Waals surface area contributed by atoms with Gasteiger partial charge in [-0.05, 0) is 23.8 Å². The third kappa shape index (κ3) is 5.04. The number of carboxylic acid groups (broad SMARTS) is 1. The van der Waals surface area contributed by atoms with E-state index in [0.29, 0.717) is 59.0 Å². The quantitative estimate of drug-likeness (QED) is 0.200. The number of amides is 4. The van der Waals surface area contributed by atoms with Crippen LogP contribution in [0.25, 0.3) is 32.9 Å². The Hall–Kier alpha value is -5.18. The van der Waals surface area contributed by atoms with Crippen molar-refractivity contribution in [3.8, 4) is 11.1 Å². The molecular weight excluding hydrogens is 575 g/mol. The molecule has 0 saturated carbocycles. The van der Waals surface area contributed by atoms with Gasteiger partial charge in [0.15, 0.2) is 0 Å². The first-order valence-corrected chi connectivity index (χ1v) is 14.2. The summed E-state index contributed by atoms with van der Waals surface area (Å²) in [4.78, 5) is 62.3. The fourth-order valence-corrected chi connectivity index (χ4v) is 6.29. The predicted octanol–water partition coefficient (Wildman–Crippen LogP) is 0.631. The van der Waals surface area contributed by atoms with Crippen LogP contribution < -0.4 is 21.0 Å². The first-order chi connectivity index (χ1) is 21.1. The lowest BCUT2D eigenvalue weighted by molar-refractivity contribution is -0.141. The minimum atomic E-state index is -1.20. The average molecular weight is 606 g/mol. The largest absolute Gasteiger partial charge is 0.480 e.